The lowest BCUT2D eigenvalue weighted by atomic mass is 10.1. The van der Waals surface area contributed by atoms with E-state index in [0.29, 0.717) is 35.0 Å². The second kappa shape index (κ2) is 8.37. The number of hydrogen-bond donors (Lipinski definition) is 0. The number of benzene rings is 2. The molecule has 0 radical (unpaired) electrons. The van der Waals surface area contributed by atoms with Crippen LogP contribution in [-0.4, -0.2) is 38.4 Å². The van der Waals surface area contributed by atoms with Crippen LogP contribution in [0.25, 0.3) is 10.2 Å². The fraction of sp³-hybridized carbons (Fsp3) is 0.300. The molecular weight excluding hydrogens is 364 g/mol. The van der Waals surface area contributed by atoms with Crippen LogP contribution < -0.4 is 14.3 Å². The number of rotatable bonds is 6. The van der Waals surface area contributed by atoms with Gasteiger partial charge in [-0.25, -0.2) is 0 Å². The predicted octanol–water partition coefficient (Wildman–Crippen LogP) is 3.42. The van der Waals surface area contributed by atoms with E-state index in [-0.39, 0.29) is 5.91 Å². The SMILES string of the molecule is COCCn1c(=NC(=O)c2ccccc2C)sc2cc(OC)c(OC)cc21. The molecule has 0 bridgehead atoms. The molecule has 0 aliphatic heterocycles. The van der Waals surface area contributed by atoms with Crippen molar-refractivity contribution < 1.29 is 19.0 Å². The smallest absolute Gasteiger partial charge is 0.279 e. The fourth-order valence-electron chi connectivity index (χ4n) is 2.84. The minimum Gasteiger partial charge on any atom is -0.493 e. The Labute approximate surface area is 161 Å². The van der Waals surface area contributed by atoms with Crippen LogP contribution in [0, 0.1) is 6.92 Å². The van der Waals surface area contributed by atoms with Crippen LogP contribution in [0.1, 0.15) is 15.9 Å². The monoisotopic (exact) mass is 386 g/mol. The second-order valence-corrected chi connectivity index (χ2v) is 6.94. The van der Waals surface area contributed by atoms with E-state index in [2.05, 4.69) is 4.99 Å². The molecule has 0 fully saturated rings. The highest BCUT2D eigenvalue weighted by Crippen LogP contribution is 2.33. The maximum atomic E-state index is 12.7. The number of aromatic nitrogens is 1. The van der Waals surface area contributed by atoms with Gasteiger partial charge in [0.15, 0.2) is 16.3 Å². The number of fused-ring (bicyclic) bond motifs is 1. The molecule has 142 valence electrons. The third-order valence-electron chi connectivity index (χ3n) is 4.28. The van der Waals surface area contributed by atoms with Crippen molar-refractivity contribution in [2.45, 2.75) is 13.5 Å². The first kappa shape index (κ1) is 19.1. The zero-order valence-corrected chi connectivity index (χ0v) is 16.6. The number of nitrogens with zero attached hydrogens (tertiary/aromatic N) is 2. The summed E-state index contributed by atoms with van der Waals surface area (Å²) in [4.78, 5) is 17.7. The number of hydrogen-bond acceptors (Lipinski definition) is 5. The van der Waals surface area contributed by atoms with E-state index < -0.39 is 0 Å². The lowest BCUT2D eigenvalue weighted by molar-refractivity contribution is 0.0996. The van der Waals surface area contributed by atoms with Gasteiger partial charge in [0.2, 0.25) is 0 Å². The Balaban J connectivity index is 2.18. The largest absolute Gasteiger partial charge is 0.493 e. The van der Waals surface area contributed by atoms with Gasteiger partial charge in [-0.15, -0.1) is 0 Å². The van der Waals surface area contributed by atoms with Gasteiger partial charge in [-0.3, -0.25) is 4.79 Å². The van der Waals surface area contributed by atoms with E-state index in [1.807, 2.05) is 41.8 Å². The molecule has 6 nitrogen and oxygen atoms in total. The van der Waals surface area contributed by atoms with Crippen LogP contribution in [0.15, 0.2) is 41.4 Å². The fourth-order valence-corrected chi connectivity index (χ4v) is 3.91. The predicted molar refractivity (Wildman–Crippen MR) is 106 cm³/mol. The van der Waals surface area contributed by atoms with Gasteiger partial charge >= 0.3 is 0 Å². The molecule has 1 heterocycles. The normalized spacial score (nSPS) is 11.8. The molecule has 0 saturated carbocycles. The van der Waals surface area contributed by atoms with Crippen molar-refractivity contribution in [3.63, 3.8) is 0 Å². The van der Waals surface area contributed by atoms with Gasteiger partial charge in [0.1, 0.15) is 0 Å². The topological polar surface area (TPSA) is 62.1 Å². The zero-order valence-electron chi connectivity index (χ0n) is 15.8. The summed E-state index contributed by atoms with van der Waals surface area (Å²) >= 11 is 1.44. The van der Waals surface area contributed by atoms with Crippen molar-refractivity contribution in [3.05, 3.63) is 52.3 Å². The molecule has 0 unspecified atom stereocenters. The molecular formula is C20H22N2O4S. The highest BCUT2D eigenvalue weighted by molar-refractivity contribution is 7.16. The van der Waals surface area contributed by atoms with Crippen LogP contribution >= 0.6 is 11.3 Å². The molecule has 0 aliphatic rings. The van der Waals surface area contributed by atoms with Crippen LogP contribution in [0.4, 0.5) is 0 Å². The van der Waals surface area contributed by atoms with Gasteiger partial charge in [-0.1, -0.05) is 29.5 Å². The van der Waals surface area contributed by atoms with Crippen molar-refractivity contribution in [2.75, 3.05) is 27.9 Å². The van der Waals surface area contributed by atoms with Gasteiger partial charge in [0.25, 0.3) is 5.91 Å². The summed E-state index contributed by atoms with van der Waals surface area (Å²) < 4.78 is 19.0. The average Bonchev–Trinajstić information content (AvgIpc) is 3.01. The summed E-state index contributed by atoms with van der Waals surface area (Å²) in [6.45, 7) is 2.99. The highest BCUT2D eigenvalue weighted by Gasteiger charge is 2.14. The molecule has 2 aromatic carbocycles. The molecule has 7 heteroatoms. The number of methoxy groups -OCH3 is 3. The van der Waals surface area contributed by atoms with Crippen molar-refractivity contribution in [3.8, 4) is 11.5 Å². The molecule has 0 N–H and O–H groups in total. The second-order valence-electron chi connectivity index (χ2n) is 5.94. The quantitative estimate of drug-likeness (QED) is 0.651. The summed E-state index contributed by atoms with van der Waals surface area (Å²) in [5, 5.41) is 0. The Bertz CT molecular complexity index is 1040. The van der Waals surface area contributed by atoms with Crippen molar-refractivity contribution >= 4 is 27.5 Å². The Morgan fingerprint density at radius 3 is 2.48 bits per heavy atom. The van der Waals surface area contributed by atoms with Gasteiger partial charge in [-0.05, 0) is 18.6 Å². The first-order valence-corrected chi connectivity index (χ1v) is 9.29. The number of amides is 1. The van der Waals surface area contributed by atoms with Crippen LogP contribution in [0.5, 0.6) is 11.5 Å². The Morgan fingerprint density at radius 2 is 1.81 bits per heavy atom. The van der Waals surface area contributed by atoms with E-state index in [4.69, 9.17) is 14.2 Å². The summed E-state index contributed by atoms with van der Waals surface area (Å²) in [5.41, 5.74) is 2.42. The average molecular weight is 386 g/mol. The Hall–Kier alpha value is -2.64. The summed E-state index contributed by atoms with van der Waals surface area (Å²) in [6.07, 6.45) is 0. The van der Waals surface area contributed by atoms with Crippen molar-refractivity contribution in [1.29, 1.82) is 0 Å². The van der Waals surface area contributed by atoms with E-state index >= 15 is 0 Å². The van der Waals surface area contributed by atoms with Gasteiger partial charge in [-0.2, -0.15) is 4.99 Å². The highest BCUT2D eigenvalue weighted by atomic mass is 32.1. The van der Waals surface area contributed by atoms with Crippen molar-refractivity contribution in [2.24, 2.45) is 4.99 Å². The first-order valence-electron chi connectivity index (χ1n) is 8.48. The lowest BCUT2D eigenvalue weighted by Crippen LogP contribution is -2.19. The van der Waals surface area contributed by atoms with Crippen LogP contribution in [0.2, 0.25) is 0 Å². The van der Waals surface area contributed by atoms with Gasteiger partial charge in [0, 0.05) is 31.4 Å². The minimum absolute atomic E-state index is 0.259. The number of carbonyl (C=O) groups is 1. The van der Waals surface area contributed by atoms with Crippen LogP contribution in [-0.2, 0) is 11.3 Å². The van der Waals surface area contributed by atoms with Gasteiger partial charge in [0.05, 0.1) is 31.0 Å². The molecule has 3 aromatic rings. The van der Waals surface area contributed by atoms with Crippen molar-refractivity contribution in [1.82, 2.24) is 4.57 Å². The molecule has 1 aromatic heterocycles. The minimum atomic E-state index is -0.259. The maximum absolute atomic E-state index is 12.7. The van der Waals surface area contributed by atoms with E-state index in [1.165, 1.54) is 11.3 Å². The zero-order chi connectivity index (χ0) is 19.4. The molecule has 0 saturated heterocycles. The molecule has 0 atom stereocenters. The number of aryl methyl sites for hydroxylation is 1. The standard InChI is InChI=1S/C20H22N2O4S/c1-13-7-5-6-8-14(13)19(23)21-20-22(9-10-24-2)15-11-16(25-3)17(26-4)12-18(15)27-20/h5-8,11-12H,9-10H2,1-4H3. The summed E-state index contributed by atoms with van der Waals surface area (Å²) in [7, 11) is 4.85. The van der Waals surface area contributed by atoms with E-state index in [0.717, 1.165) is 15.8 Å². The molecule has 1 amide bonds. The maximum Gasteiger partial charge on any atom is 0.279 e. The summed E-state index contributed by atoms with van der Waals surface area (Å²) in [6, 6.07) is 11.2. The Kier molecular flexibility index (Phi) is 5.93. The molecule has 27 heavy (non-hydrogen) atoms. The van der Waals surface area contributed by atoms with Crippen LogP contribution in [0.3, 0.4) is 0 Å². The molecule has 3 rings (SSSR count). The number of thiazole rings is 1. The Morgan fingerprint density at radius 1 is 1.11 bits per heavy atom. The number of carbonyl (C=O) groups excluding carboxylic acids is 1. The molecule has 0 spiro atoms. The summed E-state index contributed by atoms with van der Waals surface area (Å²) in [5.74, 6) is 1.01. The van der Waals surface area contributed by atoms with E-state index in [1.54, 1.807) is 27.4 Å². The van der Waals surface area contributed by atoms with E-state index in [9.17, 15) is 4.79 Å². The van der Waals surface area contributed by atoms with Gasteiger partial charge < -0.3 is 18.8 Å². The molecule has 0 aliphatic carbocycles. The first-order chi connectivity index (χ1) is 13.1. The third-order valence-corrected chi connectivity index (χ3v) is 5.32. The number of ether oxygens (including phenoxy) is 3. The lowest BCUT2D eigenvalue weighted by Gasteiger charge is -2.09. The third kappa shape index (κ3) is 3.89.